The number of piperazine rings is 1. The number of halogens is 1. The number of nitrogens with zero attached hydrogens (tertiary/aromatic N) is 1. The van der Waals surface area contributed by atoms with Crippen molar-refractivity contribution in [2.45, 2.75) is 0 Å². The molecule has 1 aromatic rings. The molecule has 2 rings (SSSR count). The quantitative estimate of drug-likeness (QED) is 0.737. The summed E-state index contributed by atoms with van der Waals surface area (Å²) in [4.78, 5) is 25.2. The topological polar surface area (TPSA) is 61.4 Å². The molecule has 1 heterocycles. The van der Waals surface area contributed by atoms with Crippen LogP contribution in [0.3, 0.4) is 0 Å². The fourth-order valence-corrected chi connectivity index (χ4v) is 1.93. The van der Waals surface area contributed by atoms with Gasteiger partial charge in [-0.1, -0.05) is 23.7 Å². The lowest BCUT2D eigenvalue weighted by Gasteiger charge is -2.26. The first-order valence-corrected chi connectivity index (χ1v) is 6.12. The predicted octanol–water partition coefficient (Wildman–Crippen LogP) is 0.710. The van der Waals surface area contributed by atoms with E-state index >= 15 is 0 Å². The lowest BCUT2D eigenvalue weighted by molar-refractivity contribution is -0.143. The van der Waals surface area contributed by atoms with Crippen LogP contribution in [0.2, 0.25) is 5.02 Å². The minimum absolute atomic E-state index is 0.416. The summed E-state index contributed by atoms with van der Waals surface area (Å²) in [5, 5.41) is 6.06. The number of hydrogen-bond donors (Lipinski definition) is 2. The summed E-state index contributed by atoms with van der Waals surface area (Å²) in [6.07, 6.45) is 0. The number of amides is 2. The van der Waals surface area contributed by atoms with Gasteiger partial charge in [0.25, 0.3) is 0 Å². The van der Waals surface area contributed by atoms with E-state index in [0.717, 1.165) is 0 Å². The van der Waals surface area contributed by atoms with E-state index in [-0.39, 0.29) is 0 Å². The van der Waals surface area contributed by atoms with Crippen LogP contribution in [0.15, 0.2) is 24.3 Å². The molecule has 0 saturated carbocycles. The average Bonchev–Trinajstić information content (AvgIpc) is 2.41. The Hall–Kier alpha value is -1.59. The van der Waals surface area contributed by atoms with Crippen molar-refractivity contribution >= 4 is 29.1 Å². The third kappa shape index (κ3) is 3.00. The zero-order chi connectivity index (χ0) is 13.0. The Labute approximate surface area is 110 Å². The summed E-state index contributed by atoms with van der Waals surface area (Å²) in [5.74, 6) is -1.17. The van der Waals surface area contributed by atoms with Gasteiger partial charge >= 0.3 is 11.8 Å². The van der Waals surface area contributed by atoms with Gasteiger partial charge in [-0.25, -0.2) is 0 Å². The number of carbonyl (C=O) groups excluding carboxylic acids is 2. The van der Waals surface area contributed by atoms with Crippen LogP contribution in [0.1, 0.15) is 0 Å². The van der Waals surface area contributed by atoms with Crippen LogP contribution in [-0.2, 0) is 9.59 Å². The number of carbonyl (C=O) groups is 2. The van der Waals surface area contributed by atoms with Crippen molar-refractivity contribution in [3.8, 4) is 0 Å². The van der Waals surface area contributed by atoms with Gasteiger partial charge in [-0.15, -0.1) is 0 Å². The molecule has 0 spiro atoms. The molecule has 0 radical (unpaired) electrons. The Kier molecular flexibility index (Phi) is 4.17. The third-order valence-electron chi connectivity index (χ3n) is 2.72. The van der Waals surface area contributed by atoms with Gasteiger partial charge in [0.15, 0.2) is 0 Å². The zero-order valence-electron chi connectivity index (χ0n) is 9.78. The molecule has 5 nitrogen and oxygen atoms in total. The first-order chi connectivity index (χ1) is 8.68. The van der Waals surface area contributed by atoms with Crippen molar-refractivity contribution in [2.24, 2.45) is 0 Å². The van der Waals surface area contributed by atoms with Crippen molar-refractivity contribution in [3.05, 3.63) is 29.3 Å². The van der Waals surface area contributed by atoms with Gasteiger partial charge in [0.2, 0.25) is 0 Å². The molecule has 0 aliphatic carbocycles. The first kappa shape index (κ1) is 12.9. The van der Waals surface area contributed by atoms with E-state index in [2.05, 4.69) is 10.6 Å². The average molecular weight is 268 g/mol. The molecule has 6 heteroatoms. The van der Waals surface area contributed by atoms with Crippen molar-refractivity contribution < 1.29 is 9.59 Å². The fourth-order valence-electron chi connectivity index (χ4n) is 1.75. The number of nitrogens with one attached hydrogen (secondary N) is 2. The van der Waals surface area contributed by atoms with Crippen LogP contribution in [0.4, 0.5) is 5.69 Å². The smallest absolute Gasteiger partial charge is 0.313 e. The molecule has 1 saturated heterocycles. The predicted molar refractivity (Wildman–Crippen MR) is 69.5 cm³/mol. The Balaban J connectivity index is 1.99. The summed E-state index contributed by atoms with van der Waals surface area (Å²) in [6.45, 7) is 2.53. The van der Waals surface area contributed by atoms with E-state index in [4.69, 9.17) is 11.6 Å². The van der Waals surface area contributed by atoms with Gasteiger partial charge in [0.05, 0.1) is 10.7 Å². The molecule has 1 fully saturated rings. The van der Waals surface area contributed by atoms with E-state index in [9.17, 15) is 9.59 Å². The van der Waals surface area contributed by atoms with Gasteiger partial charge < -0.3 is 15.5 Å². The molecule has 96 valence electrons. The second-order valence-corrected chi connectivity index (χ2v) is 4.38. The van der Waals surface area contributed by atoms with Crippen LogP contribution in [0, 0.1) is 0 Å². The molecule has 1 aromatic carbocycles. The van der Waals surface area contributed by atoms with Crippen molar-refractivity contribution in [3.63, 3.8) is 0 Å². The highest BCUT2D eigenvalue weighted by atomic mass is 35.5. The third-order valence-corrected chi connectivity index (χ3v) is 3.05. The molecule has 0 bridgehead atoms. The lowest BCUT2D eigenvalue weighted by atomic mass is 10.3. The Bertz CT molecular complexity index is 458. The number of anilines is 1. The molecule has 1 aliphatic heterocycles. The van der Waals surface area contributed by atoms with E-state index < -0.39 is 11.8 Å². The summed E-state index contributed by atoms with van der Waals surface area (Å²) in [5.41, 5.74) is 0.452. The highest BCUT2D eigenvalue weighted by Gasteiger charge is 2.23. The van der Waals surface area contributed by atoms with E-state index in [1.165, 1.54) is 4.90 Å². The van der Waals surface area contributed by atoms with Crippen molar-refractivity contribution in [1.29, 1.82) is 0 Å². The zero-order valence-corrected chi connectivity index (χ0v) is 10.5. The summed E-state index contributed by atoms with van der Waals surface area (Å²) >= 11 is 5.91. The highest BCUT2D eigenvalue weighted by Crippen LogP contribution is 2.20. The normalized spacial score (nSPS) is 15.3. The second kappa shape index (κ2) is 5.84. The largest absolute Gasteiger partial charge is 0.332 e. The summed E-state index contributed by atoms with van der Waals surface area (Å²) in [7, 11) is 0. The molecule has 0 unspecified atom stereocenters. The Morgan fingerprint density at radius 2 is 1.89 bits per heavy atom. The van der Waals surface area contributed by atoms with Crippen LogP contribution >= 0.6 is 11.6 Å². The summed E-state index contributed by atoms with van der Waals surface area (Å²) < 4.78 is 0. The molecule has 0 aromatic heterocycles. The van der Waals surface area contributed by atoms with Gasteiger partial charge in [0.1, 0.15) is 0 Å². The Morgan fingerprint density at radius 3 is 2.56 bits per heavy atom. The van der Waals surface area contributed by atoms with E-state index in [1.807, 2.05) is 0 Å². The maximum absolute atomic E-state index is 11.9. The number of benzene rings is 1. The molecular weight excluding hydrogens is 254 g/mol. The standard InChI is InChI=1S/C12H14ClN3O2/c13-9-3-1-2-4-10(9)15-11(17)12(18)16-7-5-14-6-8-16/h1-4,14H,5-8H2,(H,15,17). The van der Waals surface area contributed by atoms with Crippen LogP contribution < -0.4 is 10.6 Å². The Morgan fingerprint density at radius 1 is 1.22 bits per heavy atom. The van der Waals surface area contributed by atoms with Crippen LogP contribution in [0.25, 0.3) is 0 Å². The molecule has 2 amide bonds. The lowest BCUT2D eigenvalue weighted by Crippen LogP contribution is -2.49. The van der Waals surface area contributed by atoms with Crippen LogP contribution in [-0.4, -0.2) is 42.9 Å². The van der Waals surface area contributed by atoms with Gasteiger partial charge in [-0.2, -0.15) is 0 Å². The maximum atomic E-state index is 11.9. The van der Waals surface area contributed by atoms with Gasteiger partial charge in [-0.3, -0.25) is 9.59 Å². The first-order valence-electron chi connectivity index (χ1n) is 5.74. The minimum Gasteiger partial charge on any atom is -0.332 e. The van der Waals surface area contributed by atoms with Gasteiger partial charge in [-0.05, 0) is 12.1 Å². The highest BCUT2D eigenvalue weighted by molar-refractivity contribution is 6.41. The molecule has 18 heavy (non-hydrogen) atoms. The second-order valence-electron chi connectivity index (χ2n) is 3.98. The fraction of sp³-hybridized carbons (Fsp3) is 0.333. The summed E-state index contributed by atoms with van der Waals surface area (Å²) in [6, 6.07) is 6.82. The van der Waals surface area contributed by atoms with E-state index in [1.54, 1.807) is 24.3 Å². The monoisotopic (exact) mass is 267 g/mol. The van der Waals surface area contributed by atoms with Crippen molar-refractivity contribution in [2.75, 3.05) is 31.5 Å². The number of rotatable bonds is 1. The minimum atomic E-state index is -0.648. The SMILES string of the molecule is O=C(Nc1ccccc1Cl)C(=O)N1CCNCC1. The maximum Gasteiger partial charge on any atom is 0.313 e. The van der Waals surface area contributed by atoms with Gasteiger partial charge in [0, 0.05) is 26.2 Å². The van der Waals surface area contributed by atoms with E-state index in [0.29, 0.717) is 36.9 Å². The number of hydrogen-bond acceptors (Lipinski definition) is 3. The molecule has 2 N–H and O–H groups in total. The molecular formula is C12H14ClN3O2. The van der Waals surface area contributed by atoms with Crippen molar-refractivity contribution in [1.82, 2.24) is 10.2 Å². The molecule has 1 aliphatic rings. The van der Waals surface area contributed by atoms with Crippen LogP contribution in [0.5, 0.6) is 0 Å². The molecule has 0 atom stereocenters. The number of para-hydroxylation sites is 1.